The van der Waals surface area contributed by atoms with Crippen LogP contribution in [0.15, 0.2) is 22.8 Å². The number of nitrogens with one attached hydrogen (secondary N) is 1. The summed E-state index contributed by atoms with van der Waals surface area (Å²) in [6.45, 7) is 10.5. The van der Waals surface area contributed by atoms with Crippen LogP contribution in [0.1, 0.15) is 50.0 Å². The van der Waals surface area contributed by atoms with Gasteiger partial charge in [0.2, 0.25) is 0 Å². The Morgan fingerprint density at radius 2 is 2.00 bits per heavy atom. The zero-order valence-corrected chi connectivity index (χ0v) is 11.7. The molecule has 0 saturated carbocycles. The van der Waals surface area contributed by atoms with E-state index in [1.807, 2.05) is 23.7 Å². The van der Waals surface area contributed by atoms with E-state index in [1.54, 1.807) is 6.26 Å². The molecule has 0 fully saturated rings. The summed E-state index contributed by atoms with van der Waals surface area (Å²) >= 11 is 0. The fourth-order valence-electron chi connectivity index (χ4n) is 2.20. The van der Waals surface area contributed by atoms with Gasteiger partial charge in [0, 0.05) is 6.04 Å². The van der Waals surface area contributed by atoms with E-state index in [1.165, 1.54) is 5.69 Å². The van der Waals surface area contributed by atoms with Crippen LogP contribution >= 0.6 is 0 Å². The maximum atomic E-state index is 5.41. The lowest BCUT2D eigenvalue weighted by Crippen LogP contribution is -2.08. The molecule has 2 rings (SSSR count). The van der Waals surface area contributed by atoms with E-state index in [0.29, 0.717) is 6.04 Å². The molecule has 1 N–H and O–H groups in total. The van der Waals surface area contributed by atoms with Crippen molar-refractivity contribution in [1.29, 1.82) is 0 Å². The van der Waals surface area contributed by atoms with Gasteiger partial charge in [0.25, 0.3) is 0 Å². The van der Waals surface area contributed by atoms with E-state index < -0.39 is 0 Å². The van der Waals surface area contributed by atoms with Gasteiger partial charge in [-0.3, -0.25) is 4.68 Å². The average molecular weight is 247 g/mol. The molecule has 4 nitrogen and oxygen atoms in total. The van der Waals surface area contributed by atoms with Crippen LogP contribution in [-0.4, -0.2) is 9.78 Å². The zero-order chi connectivity index (χ0) is 13.3. The second-order valence-electron chi connectivity index (χ2n) is 4.97. The minimum Gasteiger partial charge on any atom is -0.467 e. The molecule has 1 unspecified atom stereocenters. The number of aryl methyl sites for hydroxylation is 1. The van der Waals surface area contributed by atoms with Gasteiger partial charge in [0.05, 0.1) is 29.4 Å². The van der Waals surface area contributed by atoms with Crippen LogP contribution in [0.5, 0.6) is 0 Å². The molecule has 1 atom stereocenters. The van der Waals surface area contributed by atoms with Crippen LogP contribution in [0.3, 0.4) is 0 Å². The summed E-state index contributed by atoms with van der Waals surface area (Å²) in [4.78, 5) is 0. The average Bonchev–Trinajstić information content (AvgIpc) is 2.92. The molecule has 0 aliphatic carbocycles. The molecular formula is C14H21N3O. The summed E-state index contributed by atoms with van der Waals surface area (Å²) in [7, 11) is 0. The fraction of sp³-hybridized carbons (Fsp3) is 0.500. The molecule has 0 aliphatic rings. The lowest BCUT2D eigenvalue weighted by Gasteiger charge is -2.14. The molecule has 0 saturated heterocycles. The summed E-state index contributed by atoms with van der Waals surface area (Å²) in [6, 6.07) is 4.40. The highest BCUT2D eigenvalue weighted by Crippen LogP contribution is 2.26. The first kappa shape index (κ1) is 12.7. The van der Waals surface area contributed by atoms with Crippen molar-refractivity contribution in [3.05, 3.63) is 35.5 Å². The van der Waals surface area contributed by atoms with Gasteiger partial charge in [-0.05, 0) is 46.8 Å². The van der Waals surface area contributed by atoms with Crippen molar-refractivity contribution < 1.29 is 4.42 Å². The van der Waals surface area contributed by atoms with Crippen molar-refractivity contribution in [3.63, 3.8) is 0 Å². The largest absolute Gasteiger partial charge is 0.467 e. The van der Waals surface area contributed by atoms with E-state index in [-0.39, 0.29) is 6.04 Å². The molecule has 2 heterocycles. The summed E-state index contributed by atoms with van der Waals surface area (Å²) in [6.07, 6.45) is 1.70. The summed E-state index contributed by atoms with van der Waals surface area (Å²) in [5, 5.41) is 8.05. The molecule has 98 valence electrons. The third kappa shape index (κ3) is 2.28. The summed E-state index contributed by atoms with van der Waals surface area (Å²) < 4.78 is 7.46. The maximum absolute atomic E-state index is 5.41. The molecule has 0 aliphatic heterocycles. The van der Waals surface area contributed by atoms with Gasteiger partial charge in [-0.25, -0.2) is 0 Å². The Labute approximate surface area is 108 Å². The topological polar surface area (TPSA) is 43.0 Å². The highest BCUT2D eigenvalue weighted by Gasteiger charge is 2.16. The third-order valence-corrected chi connectivity index (χ3v) is 3.14. The van der Waals surface area contributed by atoms with Gasteiger partial charge < -0.3 is 9.73 Å². The highest BCUT2D eigenvalue weighted by molar-refractivity contribution is 5.53. The number of hydrogen-bond donors (Lipinski definition) is 1. The Bertz CT molecular complexity index is 511. The highest BCUT2D eigenvalue weighted by atomic mass is 16.3. The van der Waals surface area contributed by atoms with E-state index in [9.17, 15) is 0 Å². The van der Waals surface area contributed by atoms with Gasteiger partial charge >= 0.3 is 0 Å². The maximum Gasteiger partial charge on any atom is 0.125 e. The van der Waals surface area contributed by atoms with Crippen LogP contribution in [0, 0.1) is 13.8 Å². The van der Waals surface area contributed by atoms with Crippen LogP contribution in [-0.2, 0) is 0 Å². The monoisotopic (exact) mass is 247 g/mol. The minimum absolute atomic E-state index is 0.141. The van der Waals surface area contributed by atoms with Crippen LogP contribution < -0.4 is 5.32 Å². The summed E-state index contributed by atoms with van der Waals surface area (Å²) in [5.74, 6) is 0.936. The SMILES string of the molecule is Cc1nn(C(C)C)c(C)c1NC(C)c1ccco1. The number of aromatic nitrogens is 2. The predicted octanol–water partition coefficient (Wildman–Crippen LogP) is 3.85. The lowest BCUT2D eigenvalue weighted by molar-refractivity contribution is 0.490. The van der Waals surface area contributed by atoms with E-state index in [2.05, 4.69) is 38.1 Å². The number of hydrogen-bond acceptors (Lipinski definition) is 3. The third-order valence-electron chi connectivity index (χ3n) is 3.14. The standard InChI is InChI=1S/C14H21N3O/c1-9(2)17-12(5)14(11(4)16-17)15-10(3)13-7-6-8-18-13/h6-10,15H,1-5H3. The number of anilines is 1. The van der Waals surface area contributed by atoms with Gasteiger partial charge in [-0.15, -0.1) is 0 Å². The fourth-order valence-corrected chi connectivity index (χ4v) is 2.20. The molecule has 18 heavy (non-hydrogen) atoms. The second kappa shape index (κ2) is 4.88. The van der Waals surface area contributed by atoms with Crippen molar-refractivity contribution in [2.45, 2.75) is 46.7 Å². The van der Waals surface area contributed by atoms with Crippen LogP contribution in [0.25, 0.3) is 0 Å². The number of furan rings is 1. The van der Waals surface area contributed by atoms with E-state index >= 15 is 0 Å². The molecule has 0 amide bonds. The van der Waals surface area contributed by atoms with Crippen molar-refractivity contribution in [2.24, 2.45) is 0 Å². The predicted molar refractivity (Wildman–Crippen MR) is 72.8 cm³/mol. The summed E-state index contributed by atoms with van der Waals surface area (Å²) in [5.41, 5.74) is 3.30. The Morgan fingerprint density at radius 1 is 1.28 bits per heavy atom. The molecule has 0 bridgehead atoms. The van der Waals surface area contributed by atoms with Crippen LogP contribution in [0.4, 0.5) is 5.69 Å². The molecule has 0 radical (unpaired) electrons. The first-order valence-corrected chi connectivity index (χ1v) is 6.36. The van der Waals surface area contributed by atoms with Crippen molar-refractivity contribution in [2.75, 3.05) is 5.32 Å². The Morgan fingerprint density at radius 3 is 2.50 bits per heavy atom. The molecule has 0 spiro atoms. The van der Waals surface area contributed by atoms with Gasteiger partial charge in [0.15, 0.2) is 0 Å². The first-order chi connectivity index (χ1) is 8.50. The van der Waals surface area contributed by atoms with E-state index in [0.717, 1.165) is 17.1 Å². The Kier molecular flexibility index (Phi) is 3.45. The minimum atomic E-state index is 0.141. The van der Waals surface area contributed by atoms with Gasteiger partial charge in [-0.1, -0.05) is 0 Å². The van der Waals surface area contributed by atoms with Gasteiger partial charge in [0.1, 0.15) is 5.76 Å². The van der Waals surface area contributed by atoms with Gasteiger partial charge in [-0.2, -0.15) is 5.10 Å². The first-order valence-electron chi connectivity index (χ1n) is 6.36. The smallest absolute Gasteiger partial charge is 0.125 e. The molecular weight excluding hydrogens is 226 g/mol. The molecule has 2 aromatic rings. The molecule has 2 aromatic heterocycles. The molecule has 4 heteroatoms. The second-order valence-corrected chi connectivity index (χ2v) is 4.97. The van der Waals surface area contributed by atoms with Crippen molar-refractivity contribution in [3.8, 4) is 0 Å². The lowest BCUT2D eigenvalue weighted by atomic mass is 10.2. The van der Waals surface area contributed by atoms with Crippen molar-refractivity contribution >= 4 is 5.69 Å². The van der Waals surface area contributed by atoms with Crippen LogP contribution in [0.2, 0.25) is 0 Å². The quantitative estimate of drug-likeness (QED) is 0.892. The number of rotatable bonds is 4. The normalized spacial score (nSPS) is 13.0. The molecule has 0 aromatic carbocycles. The Hall–Kier alpha value is -1.71. The zero-order valence-electron chi connectivity index (χ0n) is 11.7. The van der Waals surface area contributed by atoms with Crippen molar-refractivity contribution in [1.82, 2.24) is 9.78 Å². The number of nitrogens with zero attached hydrogens (tertiary/aromatic N) is 2. The van der Waals surface area contributed by atoms with E-state index in [4.69, 9.17) is 4.42 Å². The Balaban J connectivity index is 2.24.